The van der Waals surface area contributed by atoms with Crippen LogP contribution in [-0.4, -0.2) is 71.2 Å². The molecule has 6 nitrogen and oxygen atoms in total. The Morgan fingerprint density at radius 1 is 1.35 bits per heavy atom. The van der Waals surface area contributed by atoms with Crippen LogP contribution in [0.4, 0.5) is 0 Å². The van der Waals surface area contributed by atoms with E-state index >= 15 is 0 Å². The first-order chi connectivity index (χ1) is 12.6. The van der Waals surface area contributed by atoms with Gasteiger partial charge in [-0.3, -0.25) is 4.79 Å². The molecule has 2 unspecified atom stereocenters. The number of amides is 1. The van der Waals surface area contributed by atoms with Crippen molar-refractivity contribution in [1.29, 1.82) is 0 Å². The molecule has 1 amide bonds. The van der Waals surface area contributed by atoms with Crippen LogP contribution in [-0.2, 0) is 9.53 Å². The molecular formula is C20H28N4O2. The van der Waals surface area contributed by atoms with Crippen LogP contribution in [0.3, 0.4) is 0 Å². The largest absolute Gasteiger partial charge is 0.374 e. The van der Waals surface area contributed by atoms with Gasteiger partial charge in [0, 0.05) is 26.2 Å². The average molecular weight is 356 g/mol. The fraction of sp³-hybridized carbons (Fsp3) is 0.600. The van der Waals surface area contributed by atoms with Gasteiger partial charge in [0.1, 0.15) is 6.04 Å². The Kier molecular flexibility index (Phi) is 4.96. The van der Waals surface area contributed by atoms with Gasteiger partial charge >= 0.3 is 0 Å². The molecule has 2 aromatic rings. The summed E-state index contributed by atoms with van der Waals surface area (Å²) in [7, 11) is 2.11. The lowest BCUT2D eigenvalue weighted by molar-refractivity contribution is -0.137. The number of morpholine rings is 1. The lowest BCUT2D eigenvalue weighted by atomic mass is 10.2. The third-order valence-electron chi connectivity index (χ3n) is 5.51. The van der Waals surface area contributed by atoms with Gasteiger partial charge in [-0.15, -0.1) is 0 Å². The molecule has 26 heavy (non-hydrogen) atoms. The lowest BCUT2D eigenvalue weighted by Gasteiger charge is -2.35. The second kappa shape index (κ2) is 7.37. The van der Waals surface area contributed by atoms with E-state index in [2.05, 4.69) is 16.9 Å². The van der Waals surface area contributed by atoms with Crippen LogP contribution >= 0.6 is 0 Å². The molecule has 1 saturated heterocycles. The number of carbonyl (C=O) groups is 1. The SMILES string of the molecule is CC(C(=O)N(CC1CC1)CC1CN(C)CCO1)n1cnc2ccccc21. The lowest BCUT2D eigenvalue weighted by Crippen LogP contribution is -2.49. The molecule has 6 heteroatoms. The molecule has 140 valence electrons. The topological polar surface area (TPSA) is 50.6 Å². The quantitative estimate of drug-likeness (QED) is 0.796. The Morgan fingerprint density at radius 2 is 2.15 bits per heavy atom. The Bertz CT molecular complexity index is 770. The third kappa shape index (κ3) is 3.76. The molecule has 4 rings (SSSR count). The van der Waals surface area contributed by atoms with Crippen molar-refractivity contribution in [3.05, 3.63) is 30.6 Å². The number of imidazole rings is 1. The predicted molar refractivity (Wildman–Crippen MR) is 101 cm³/mol. The van der Waals surface area contributed by atoms with Gasteiger partial charge in [-0.05, 0) is 44.9 Å². The van der Waals surface area contributed by atoms with Crippen molar-refractivity contribution in [2.45, 2.75) is 31.9 Å². The minimum absolute atomic E-state index is 0.100. The summed E-state index contributed by atoms with van der Waals surface area (Å²) in [6.07, 6.45) is 4.35. The number of hydrogen-bond acceptors (Lipinski definition) is 4. The molecule has 0 radical (unpaired) electrons. The summed E-state index contributed by atoms with van der Waals surface area (Å²) in [4.78, 5) is 22.1. The van der Waals surface area contributed by atoms with Crippen molar-refractivity contribution in [2.24, 2.45) is 5.92 Å². The van der Waals surface area contributed by atoms with Gasteiger partial charge < -0.3 is 19.1 Å². The van der Waals surface area contributed by atoms with E-state index < -0.39 is 0 Å². The van der Waals surface area contributed by atoms with Crippen LogP contribution in [0.1, 0.15) is 25.8 Å². The number of likely N-dealkylation sites (N-methyl/N-ethyl adjacent to an activating group) is 1. The van der Waals surface area contributed by atoms with Gasteiger partial charge in [0.2, 0.25) is 5.91 Å². The van der Waals surface area contributed by atoms with Crippen LogP contribution in [0.25, 0.3) is 11.0 Å². The molecule has 0 N–H and O–H groups in total. The zero-order chi connectivity index (χ0) is 18.1. The van der Waals surface area contributed by atoms with E-state index in [9.17, 15) is 4.79 Å². The molecule has 2 fully saturated rings. The van der Waals surface area contributed by atoms with Gasteiger partial charge in [-0.1, -0.05) is 12.1 Å². The Morgan fingerprint density at radius 3 is 2.92 bits per heavy atom. The summed E-state index contributed by atoms with van der Waals surface area (Å²) in [6.45, 7) is 6.09. The summed E-state index contributed by atoms with van der Waals surface area (Å²) >= 11 is 0. The minimum Gasteiger partial charge on any atom is -0.374 e. The minimum atomic E-state index is -0.262. The summed E-state index contributed by atoms with van der Waals surface area (Å²) in [5.41, 5.74) is 1.94. The van der Waals surface area contributed by atoms with E-state index in [0.29, 0.717) is 12.5 Å². The molecule has 1 aliphatic carbocycles. The van der Waals surface area contributed by atoms with E-state index in [1.807, 2.05) is 40.7 Å². The van der Waals surface area contributed by atoms with Crippen LogP contribution in [0.5, 0.6) is 0 Å². The van der Waals surface area contributed by atoms with E-state index in [1.165, 1.54) is 12.8 Å². The summed E-state index contributed by atoms with van der Waals surface area (Å²) in [5, 5.41) is 0. The van der Waals surface area contributed by atoms with Gasteiger partial charge in [0.15, 0.2) is 0 Å². The first-order valence-electron chi connectivity index (χ1n) is 9.62. The fourth-order valence-electron chi connectivity index (χ4n) is 3.76. The second-order valence-corrected chi connectivity index (χ2v) is 7.76. The Balaban J connectivity index is 1.51. The van der Waals surface area contributed by atoms with Crippen LogP contribution < -0.4 is 0 Å². The average Bonchev–Trinajstić information content (AvgIpc) is 3.36. The molecule has 0 bridgehead atoms. The van der Waals surface area contributed by atoms with Gasteiger partial charge in [0.25, 0.3) is 0 Å². The number of aromatic nitrogens is 2. The highest BCUT2D eigenvalue weighted by atomic mass is 16.5. The Hall–Kier alpha value is -1.92. The first kappa shape index (κ1) is 17.5. The number of carbonyl (C=O) groups excluding carboxylic acids is 1. The first-order valence-corrected chi connectivity index (χ1v) is 9.62. The van der Waals surface area contributed by atoms with Crippen LogP contribution in [0, 0.1) is 5.92 Å². The smallest absolute Gasteiger partial charge is 0.245 e. The van der Waals surface area contributed by atoms with Crippen molar-refractivity contribution in [1.82, 2.24) is 19.4 Å². The molecule has 1 aliphatic heterocycles. The van der Waals surface area contributed by atoms with E-state index in [1.54, 1.807) is 6.33 Å². The number of para-hydroxylation sites is 2. The second-order valence-electron chi connectivity index (χ2n) is 7.76. The number of rotatable bonds is 6. The van der Waals surface area contributed by atoms with Crippen LogP contribution in [0.15, 0.2) is 30.6 Å². The van der Waals surface area contributed by atoms with Crippen molar-refractivity contribution < 1.29 is 9.53 Å². The fourth-order valence-corrected chi connectivity index (χ4v) is 3.76. The van der Waals surface area contributed by atoms with Crippen molar-refractivity contribution in [3.63, 3.8) is 0 Å². The summed E-state index contributed by atoms with van der Waals surface area (Å²) in [5.74, 6) is 0.823. The normalized spacial score (nSPS) is 22.5. The van der Waals surface area contributed by atoms with Crippen molar-refractivity contribution >= 4 is 16.9 Å². The number of fused-ring (bicyclic) bond motifs is 1. The highest BCUT2D eigenvalue weighted by Crippen LogP contribution is 2.31. The van der Waals surface area contributed by atoms with E-state index in [-0.39, 0.29) is 18.1 Å². The highest BCUT2D eigenvalue weighted by molar-refractivity contribution is 5.83. The summed E-state index contributed by atoms with van der Waals surface area (Å²) < 4.78 is 7.91. The van der Waals surface area contributed by atoms with E-state index in [0.717, 1.165) is 37.3 Å². The molecule has 2 atom stereocenters. The maximum absolute atomic E-state index is 13.3. The molecular weight excluding hydrogens is 328 g/mol. The standard InChI is InChI=1S/C20H28N4O2/c1-15(24-14-21-18-5-3-4-6-19(18)24)20(25)23(11-16-7-8-16)13-17-12-22(2)9-10-26-17/h3-6,14-17H,7-13H2,1-2H3. The van der Waals surface area contributed by atoms with Gasteiger partial charge in [-0.25, -0.2) is 4.98 Å². The maximum atomic E-state index is 13.3. The molecule has 1 aromatic carbocycles. The number of hydrogen-bond donors (Lipinski definition) is 0. The Labute approximate surface area is 154 Å². The monoisotopic (exact) mass is 356 g/mol. The third-order valence-corrected chi connectivity index (χ3v) is 5.51. The van der Waals surface area contributed by atoms with E-state index in [4.69, 9.17) is 4.74 Å². The molecule has 2 aliphatic rings. The molecule has 2 heterocycles. The zero-order valence-electron chi connectivity index (χ0n) is 15.7. The summed E-state index contributed by atoms with van der Waals surface area (Å²) in [6, 6.07) is 7.71. The number of nitrogens with zero attached hydrogens (tertiary/aromatic N) is 4. The van der Waals surface area contributed by atoms with Crippen LogP contribution in [0.2, 0.25) is 0 Å². The predicted octanol–water partition coefficient (Wildman–Crippen LogP) is 2.17. The molecule has 1 saturated carbocycles. The number of ether oxygens (including phenoxy) is 1. The van der Waals surface area contributed by atoms with Crippen molar-refractivity contribution in [3.8, 4) is 0 Å². The van der Waals surface area contributed by atoms with Crippen molar-refractivity contribution in [2.75, 3.05) is 39.8 Å². The maximum Gasteiger partial charge on any atom is 0.245 e. The molecule has 0 spiro atoms. The molecule has 1 aromatic heterocycles. The van der Waals surface area contributed by atoms with Gasteiger partial charge in [-0.2, -0.15) is 0 Å². The zero-order valence-corrected chi connectivity index (χ0v) is 15.7. The number of benzene rings is 1. The highest BCUT2D eigenvalue weighted by Gasteiger charge is 2.32. The van der Waals surface area contributed by atoms with Gasteiger partial charge in [0.05, 0.1) is 30.1 Å².